The van der Waals surface area contributed by atoms with Gasteiger partial charge in [0.2, 0.25) is 6.10 Å². The van der Waals surface area contributed by atoms with E-state index in [4.69, 9.17) is 14.2 Å². The second-order valence-corrected chi connectivity index (χ2v) is 7.59. The van der Waals surface area contributed by atoms with E-state index in [1.54, 1.807) is 32.9 Å². The third-order valence-electron chi connectivity index (χ3n) is 3.52. The lowest BCUT2D eigenvalue weighted by atomic mass is 10.0. The SMILES string of the molecule is CC(C)C[C@H](NC(=O)[C@@H]1COc2ccccc2O1)C(=O)OC(C)(C)C. The summed E-state index contributed by atoms with van der Waals surface area (Å²) in [5, 5.41) is 2.75. The molecule has 2 atom stereocenters. The lowest BCUT2D eigenvalue weighted by molar-refractivity contribution is -0.159. The van der Waals surface area contributed by atoms with Gasteiger partial charge in [-0.1, -0.05) is 26.0 Å². The molecule has 1 aliphatic rings. The van der Waals surface area contributed by atoms with Crippen molar-refractivity contribution in [2.24, 2.45) is 5.92 Å². The van der Waals surface area contributed by atoms with Crippen LogP contribution in [0.15, 0.2) is 24.3 Å². The van der Waals surface area contributed by atoms with Crippen molar-refractivity contribution in [1.82, 2.24) is 5.32 Å². The Morgan fingerprint density at radius 2 is 1.88 bits per heavy atom. The number of esters is 1. The second kappa shape index (κ2) is 7.76. The lowest BCUT2D eigenvalue weighted by Gasteiger charge is -2.29. The molecule has 138 valence electrons. The average Bonchev–Trinajstić information content (AvgIpc) is 2.51. The van der Waals surface area contributed by atoms with Gasteiger partial charge in [0.1, 0.15) is 18.2 Å². The number of para-hydroxylation sites is 2. The molecule has 1 N–H and O–H groups in total. The third-order valence-corrected chi connectivity index (χ3v) is 3.52. The smallest absolute Gasteiger partial charge is 0.329 e. The van der Waals surface area contributed by atoms with Crippen molar-refractivity contribution in [3.63, 3.8) is 0 Å². The van der Waals surface area contributed by atoms with E-state index in [1.807, 2.05) is 26.0 Å². The first kappa shape index (κ1) is 19.1. The van der Waals surface area contributed by atoms with E-state index in [9.17, 15) is 9.59 Å². The summed E-state index contributed by atoms with van der Waals surface area (Å²) in [7, 11) is 0. The molecule has 0 saturated carbocycles. The number of hydrogen-bond acceptors (Lipinski definition) is 5. The Morgan fingerprint density at radius 1 is 1.24 bits per heavy atom. The van der Waals surface area contributed by atoms with Crippen LogP contribution >= 0.6 is 0 Å². The van der Waals surface area contributed by atoms with Crippen LogP contribution in [0.2, 0.25) is 0 Å². The molecule has 1 amide bonds. The van der Waals surface area contributed by atoms with Gasteiger partial charge < -0.3 is 19.5 Å². The summed E-state index contributed by atoms with van der Waals surface area (Å²) in [6, 6.07) is 6.46. The zero-order valence-corrected chi connectivity index (χ0v) is 15.5. The predicted molar refractivity (Wildman–Crippen MR) is 93.6 cm³/mol. The monoisotopic (exact) mass is 349 g/mol. The zero-order valence-electron chi connectivity index (χ0n) is 15.5. The molecule has 6 heteroatoms. The Labute approximate surface area is 148 Å². The fourth-order valence-electron chi connectivity index (χ4n) is 2.47. The van der Waals surface area contributed by atoms with Crippen LogP contribution in [0.3, 0.4) is 0 Å². The van der Waals surface area contributed by atoms with E-state index in [2.05, 4.69) is 5.32 Å². The van der Waals surface area contributed by atoms with Crippen LogP contribution in [-0.4, -0.2) is 36.2 Å². The molecule has 1 aromatic carbocycles. The highest BCUT2D eigenvalue weighted by Gasteiger charge is 2.32. The molecular formula is C19H27NO5. The molecule has 0 spiro atoms. The van der Waals surface area contributed by atoms with Crippen LogP contribution < -0.4 is 14.8 Å². The Kier molecular flexibility index (Phi) is 5.93. The summed E-state index contributed by atoms with van der Waals surface area (Å²) in [5.41, 5.74) is -0.611. The Bertz CT molecular complexity index is 620. The average molecular weight is 349 g/mol. The van der Waals surface area contributed by atoms with E-state index in [0.717, 1.165) is 0 Å². The highest BCUT2D eigenvalue weighted by atomic mass is 16.6. The van der Waals surface area contributed by atoms with Crippen LogP contribution in [0.1, 0.15) is 41.0 Å². The van der Waals surface area contributed by atoms with Crippen molar-refractivity contribution in [3.05, 3.63) is 24.3 Å². The number of nitrogens with one attached hydrogen (secondary N) is 1. The minimum Gasteiger partial charge on any atom is -0.485 e. The maximum absolute atomic E-state index is 12.5. The minimum absolute atomic E-state index is 0.103. The first-order chi connectivity index (χ1) is 11.7. The van der Waals surface area contributed by atoms with Gasteiger partial charge in [-0.25, -0.2) is 4.79 Å². The van der Waals surface area contributed by atoms with Crippen molar-refractivity contribution in [2.45, 2.75) is 58.8 Å². The second-order valence-electron chi connectivity index (χ2n) is 7.59. The molecular weight excluding hydrogens is 322 g/mol. The lowest BCUT2D eigenvalue weighted by Crippen LogP contribution is -2.51. The zero-order chi connectivity index (χ0) is 18.6. The maximum atomic E-state index is 12.5. The van der Waals surface area contributed by atoms with Gasteiger partial charge in [0.05, 0.1) is 0 Å². The fourth-order valence-corrected chi connectivity index (χ4v) is 2.47. The van der Waals surface area contributed by atoms with E-state index in [1.165, 1.54) is 0 Å². The Balaban J connectivity index is 2.03. The molecule has 0 aliphatic carbocycles. The molecule has 0 bridgehead atoms. The molecule has 0 radical (unpaired) electrons. The van der Waals surface area contributed by atoms with Gasteiger partial charge >= 0.3 is 5.97 Å². The number of ether oxygens (including phenoxy) is 3. The largest absolute Gasteiger partial charge is 0.485 e. The van der Waals surface area contributed by atoms with E-state index < -0.39 is 23.7 Å². The van der Waals surface area contributed by atoms with Crippen molar-refractivity contribution >= 4 is 11.9 Å². The van der Waals surface area contributed by atoms with Crippen LogP contribution in [0.25, 0.3) is 0 Å². The molecule has 2 rings (SSSR count). The highest BCUT2D eigenvalue weighted by molar-refractivity contribution is 5.87. The molecule has 1 aromatic rings. The van der Waals surface area contributed by atoms with Gasteiger partial charge in [-0.3, -0.25) is 4.79 Å². The van der Waals surface area contributed by atoms with Gasteiger partial charge in [0.15, 0.2) is 11.5 Å². The first-order valence-corrected chi connectivity index (χ1v) is 8.57. The third kappa shape index (κ3) is 5.66. The number of benzene rings is 1. The summed E-state index contributed by atoms with van der Waals surface area (Å²) in [6.07, 6.45) is -0.308. The maximum Gasteiger partial charge on any atom is 0.329 e. The molecule has 0 unspecified atom stereocenters. The quantitative estimate of drug-likeness (QED) is 0.828. The summed E-state index contributed by atoms with van der Waals surface area (Å²) in [5.74, 6) is 0.531. The normalized spacial score (nSPS) is 17.8. The number of amides is 1. The highest BCUT2D eigenvalue weighted by Crippen LogP contribution is 2.30. The van der Waals surface area contributed by atoms with Gasteiger partial charge in [0, 0.05) is 0 Å². The van der Waals surface area contributed by atoms with E-state index in [-0.39, 0.29) is 18.4 Å². The molecule has 1 heterocycles. The molecule has 6 nitrogen and oxygen atoms in total. The van der Waals surface area contributed by atoms with Crippen molar-refractivity contribution in [2.75, 3.05) is 6.61 Å². The van der Waals surface area contributed by atoms with Gasteiger partial charge in [-0.2, -0.15) is 0 Å². The predicted octanol–water partition coefficient (Wildman–Crippen LogP) is 2.70. The molecule has 25 heavy (non-hydrogen) atoms. The van der Waals surface area contributed by atoms with Crippen molar-refractivity contribution in [3.8, 4) is 11.5 Å². The first-order valence-electron chi connectivity index (χ1n) is 8.57. The summed E-state index contributed by atoms with van der Waals surface area (Å²) < 4.78 is 16.7. The van der Waals surface area contributed by atoms with Gasteiger partial charge in [0.25, 0.3) is 5.91 Å². The summed E-state index contributed by atoms with van der Waals surface area (Å²) >= 11 is 0. The molecule has 0 aromatic heterocycles. The van der Waals surface area contributed by atoms with Crippen LogP contribution in [-0.2, 0) is 14.3 Å². The number of carbonyl (C=O) groups is 2. The van der Waals surface area contributed by atoms with E-state index in [0.29, 0.717) is 17.9 Å². The molecule has 0 fully saturated rings. The number of hydrogen-bond donors (Lipinski definition) is 1. The Hall–Kier alpha value is -2.24. The minimum atomic E-state index is -0.799. The summed E-state index contributed by atoms with van der Waals surface area (Å²) in [4.78, 5) is 24.9. The Morgan fingerprint density at radius 3 is 2.48 bits per heavy atom. The number of rotatable bonds is 5. The van der Waals surface area contributed by atoms with Gasteiger partial charge in [-0.15, -0.1) is 0 Å². The van der Waals surface area contributed by atoms with Gasteiger partial charge in [-0.05, 0) is 45.2 Å². The molecule has 1 aliphatic heterocycles. The standard InChI is InChI=1S/C19H27NO5/c1-12(2)10-13(18(22)25-19(3,4)5)20-17(21)16-11-23-14-8-6-7-9-15(14)24-16/h6-9,12-13,16H,10-11H2,1-5H3,(H,20,21)/t13-,16-/m0/s1. The molecule has 0 saturated heterocycles. The topological polar surface area (TPSA) is 73.9 Å². The van der Waals surface area contributed by atoms with Crippen LogP contribution in [0.5, 0.6) is 11.5 Å². The number of carbonyl (C=O) groups excluding carboxylic acids is 2. The summed E-state index contributed by atoms with van der Waals surface area (Å²) in [6.45, 7) is 9.47. The number of fused-ring (bicyclic) bond motifs is 1. The van der Waals surface area contributed by atoms with Crippen molar-refractivity contribution in [1.29, 1.82) is 0 Å². The van der Waals surface area contributed by atoms with E-state index >= 15 is 0 Å². The van der Waals surface area contributed by atoms with Crippen LogP contribution in [0, 0.1) is 5.92 Å². The van der Waals surface area contributed by atoms with Crippen molar-refractivity contribution < 1.29 is 23.8 Å². The van der Waals surface area contributed by atoms with Crippen LogP contribution in [0.4, 0.5) is 0 Å². The fraction of sp³-hybridized carbons (Fsp3) is 0.579.